The molecule has 0 radical (unpaired) electrons. The molecular weight excluding hydrogens is 251 g/mol. The Hall–Kier alpha value is -1.87. The molecule has 3 heteroatoms. The van der Waals surface area contributed by atoms with Gasteiger partial charge >= 0.3 is 0 Å². The van der Waals surface area contributed by atoms with Gasteiger partial charge in [0.05, 0.1) is 0 Å². The van der Waals surface area contributed by atoms with Crippen LogP contribution in [-0.2, 0) is 0 Å². The molecule has 1 atom stereocenters. The number of anilines is 2. The zero-order chi connectivity index (χ0) is 14.7. The summed E-state index contributed by atoms with van der Waals surface area (Å²) >= 11 is 0. The highest BCUT2D eigenvalue weighted by Gasteiger charge is 2.17. The summed E-state index contributed by atoms with van der Waals surface area (Å²) in [5.41, 5.74) is 9.59. The van der Waals surface area contributed by atoms with Gasteiger partial charge in [-0.25, -0.2) is 4.39 Å². The third kappa shape index (κ3) is 2.83. The minimum absolute atomic E-state index is 0.247. The van der Waals surface area contributed by atoms with E-state index in [4.69, 9.17) is 5.73 Å². The van der Waals surface area contributed by atoms with Crippen LogP contribution < -0.4 is 10.6 Å². The van der Waals surface area contributed by atoms with E-state index in [0.29, 0.717) is 5.56 Å². The molecule has 2 aromatic rings. The van der Waals surface area contributed by atoms with Crippen molar-refractivity contribution >= 4 is 11.4 Å². The van der Waals surface area contributed by atoms with Crippen LogP contribution in [-0.4, -0.2) is 6.54 Å². The predicted molar refractivity (Wildman–Crippen MR) is 82.9 cm³/mol. The summed E-state index contributed by atoms with van der Waals surface area (Å²) in [4.78, 5) is 2.09. The number of hydrogen-bond donors (Lipinski definition) is 1. The molecule has 0 aliphatic heterocycles. The van der Waals surface area contributed by atoms with Gasteiger partial charge in [-0.1, -0.05) is 18.2 Å². The number of halogens is 1. The van der Waals surface area contributed by atoms with Gasteiger partial charge in [-0.2, -0.15) is 0 Å². The van der Waals surface area contributed by atoms with Gasteiger partial charge < -0.3 is 10.6 Å². The molecule has 0 saturated carbocycles. The van der Waals surface area contributed by atoms with Gasteiger partial charge in [-0.3, -0.25) is 0 Å². The van der Waals surface area contributed by atoms with Crippen LogP contribution in [0.2, 0.25) is 0 Å². The fourth-order valence-electron chi connectivity index (χ4n) is 2.50. The van der Waals surface area contributed by atoms with E-state index in [-0.39, 0.29) is 11.9 Å². The molecule has 0 bridgehead atoms. The number of nitrogens with two attached hydrogens (primary N) is 1. The quantitative estimate of drug-likeness (QED) is 0.898. The standard InChI is InChI=1S/C17H21FN2/c1-4-20(14-8-5-7-12(2)11-14)16-10-6-9-15(18)17(16)13(3)19/h5-11,13H,4,19H2,1-3H3. The van der Waals surface area contributed by atoms with Crippen LogP contribution in [0.5, 0.6) is 0 Å². The van der Waals surface area contributed by atoms with Gasteiger partial charge in [0, 0.05) is 29.5 Å². The molecule has 2 nitrogen and oxygen atoms in total. The fourth-order valence-corrected chi connectivity index (χ4v) is 2.50. The summed E-state index contributed by atoms with van der Waals surface area (Å²) in [5, 5.41) is 0. The van der Waals surface area contributed by atoms with Gasteiger partial charge in [0.25, 0.3) is 0 Å². The Morgan fingerprint density at radius 2 is 1.90 bits per heavy atom. The molecule has 0 saturated heterocycles. The minimum atomic E-state index is -0.343. The van der Waals surface area contributed by atoms with Crippen molar-refractivity contribution in [2.45, 2.75) is 26.8 Å². The first-order valence-electron chi connectivity index (χ1n) is 6.92. The average molecular weight is 272 g/mol. The first-order chi connectivity index (χ1) is 9.54. The van der Waals surface area contributed by atoms with E-state index >= 15 is 0 Å². The van der Waals surface area contributed by atoms with Gasteiger partial charge in [0.1, 0.15) is 5.82 Å². The summed E-state index contributed by atoms with van der Waals surface area (Å²) in [5.74, 6) is -0.247. The molecule has 20 heavy (non-hydrogen) atoms. The number of hydrogen-bond acceptors (Lipinski definition) is 2. The van der Waals surface area contributed by atoms with Crippen molar-refractivity contribution in [1.82, 2.24) is 0 Å². The predicted octanol–water partition coefficient (Wildman–Crippen LogP) is 4.31. The number of rotatable bonds is 4. The van der Waals surface area contributed by atoms with Crippen molar-refractivity contribution in [3.8, 4) is 0 Å². The van der Waals surface area contributed by atoms with Crippen LogP contribution in [0, 0.1) is 12.7 Å². The smallest absolute Gasteiger partial charge is 0.130 e. The van der Waals surface area contributed by atoms with Crippen molar-refractivity contribution in [3.63, 3.8) is 0 Å². The lowest BCUT2D eigenvalue weighted by Gasteiger charge is -2.27. The largest absolute Gasteiger partial charge is 0.341 e. The maximum absolute atomic E-state index is 14.1. The SMILES string of the molecule is CCN(c1cccc(C)c1)c1cccc(F)c1C(C)N. The molecule has 0 amide bonds. The molecule has 2 aromatic carbocycles. The van der Waals surface area contributed by atoms with Crippen LogP contribution in [0.25, 0.3) is 0 Å². The summed E-state index contributed by atoms with van der Waals surface area (Å²) in [6, 6.07) is 13.0. The topological polar surface area (TPSA) is 29.3 Å². The number of nitrogens with zero attached hydrogens (tertiary/aromatic N) is 1. The highest BCUT2D eigenvalue weighted by molar-refractivity contribution is 5.67. The van der Waals surface area contributed by atoms with Gasteiger partial charge in [0.15, 0.2) is 0 Å². The lowest BCUT2D eigenvalue weighted by atomic mass is 10.0. The Morgan fingerprint density at radius 3 is 2.50 bits per heavy atom. The fraction of sp³-hybridized carbons (Fsp3) is 0.294. The molecule has 2 N–H and O–H groups in total. The van der Waals surface area contributed by atoms with Crippen molar-refractivity contribution in [3.05, 3.63) is 59.4 Å². The summed E-state index contributed by atoms with van der Waals surface area (Å²) < 4.78 is 14.1. The second-order valence-corrected chi connectivity index (χ2v) is 5.04. The third-order valence-electron chi connectivity index (χ3n) is 3.41. The molecule has 0 heterocycles. The Kier molecular flexibility index (Phi) is 4.40. The molecule has 2 rings (SSSR count). The van der Waals surface area contributed by atoms with Gasteiger partial charge in [-0.15, -0.1) is 0 Å². The molecule has 0 fully saturated rings. The Labute approximate surface area is 120 Å². The highest BCUT2D eigenvalue weighted by atomic mass is 19.1. The first kappa shape index (κ1) is 14.5. The Morgan fingerprint density at radius 1 is 1.20 bits per heavy atom. The molecule has 0 aliphatic carbocycles. The normalized spacial score (nSPS) is 12.2. The van der Waals surface area contributed by atoms with E-state index in [1.54, 1.807) is 6.07 Å². The van der Waals surface area contributed by atoms with Crippen molar-refractivity contribution in [1.29, 1.82) is 0 Å². The van der Waals surface area contributed by atoms with E-state index in [2.05, 4.69) is 30.9 Å². The minimum Gasteiger partial charge on any atom is -0.341 e. The summed E-state index contributed by atoms with van der Waals surface area (Å²) in [7, 11) is 0. The summed E-state index contributed by atoms with van der Waals surface area (Å²) in [6.45, 7) is 6.67. The van der Waals surface area contributed by atoms with Crippen LogP contribution in [0.3, 0.4) is 0 Å². The van der Waals surface area contributed by atoms with E-state index < -0.39 is 0 Å². The van der Waals surface area contributed by atoms with Crippen molar-refractivity contribution < 1.29 is 4.39 Å². The van der Waals surface area contributed by atoms with Crippen LogP contribution >= 0.6 is 0 Å². The molecule has 0 spiro atoms. The van der Waals surface area contributed by atoms with E-state index in [1.165, 1.54) is 11.6 Å². The average Bonchev–Trinajstić information content (AvgIpc) is 2.39. The Bertz CT molecular complexity index is 593. The van der Waals surface area contributed by atoms with Crippen LogP contribution in [0.15, 0.2) is 42.5 Å². The first-order valence-corrected chi connectivity index (χ1v) is 6.92. The second kappa shape index (κ2) is 6.06. The van der Waals surface area contributed by atoms with Crippen LogP contribution in [0.1, 0.15) is 31.0 Å². The molecule has 0 aliphatic rings. The number of aryl methyl sites for hydroxylation is 1. The number of benzene rings is 2. The van der Waals surface area contributed by atoms with Crippen molar-refractivity contribution in [2.75, 3.05) is 11.4 Å². The highest BCUT2D eigenvalue weighted by Crippen LogP contribution is 2.33. The molecule has 0 aromatic heterocycles. The maximum atomic E-state index is 14.1. The van der Waals surface area contributed by atoms with E-state index in [1.807, 2.05) is 25.1 Å². The summed E-state index contributed by atoms with van der Waals surface area (Å²) in [6.07, 6.45) is 0. The lowest BCUT2D eigenvalue weighted by Crippen LogP contribution is -2.21. The van der Waals surface area contributed by atoms with Crippen LogP contribution in [0.4, 0.5) is 15.8 Å². The second-order valence-electron chi connectivity index (χ2n) is 5.04. The van der Waals surface area contributed by atoms with E-state index in [9.17, 15) is 4.39 Å². The zero-order valence-electron chi connectivity index (χ0n) is 12.2. The van der Waals surface area contributed by atoms with Crippen molar-refractivity contribution in [2.24, 2.45) is 5.73 Å². The Balaban J connectivity index is 2.55. The zero-order valence-corrected chi connectivity index (χ0v) is 12.2. The third-order valence-corrected chi connectivity index (χ3v) is 3.41. The maximum Gasteiger partial charge on any atom is 0.130 e. The monoisotopic (exact) mass is 272 g/mol. The lowest BCUT2D eigenvalue weighted by molar-refractivity contribution is 0.593. The molecule has 106 valence electrons. The van der Waals surface area contributed by atoms with Gasteiger partial charge in [-0.05, 0) is 50.6 Å². The molecular formula is C17H21FN2. The molecule has 1 unspecified atom stereocenters. The van der Waals surface area contributed by atoms with E-state index in [0.717, 1.165) is 17.9 Å². The van der Waals surface area contributed by atoms with Gasteiger partial charge in [0.2, 0.25) is 0 Å².